The normalized spacial score (nSPS) is 24.2. The number of carbonyl (C=O) groups is 1. The van der Waals surface area contributed by atoms with E-state index in [-0.39, 0.29) is 5.91 Å². The highest BCUT2D eigenvalue weighted by Gasteiger charge is 2.53. The molecule has 0 spiro atoms. The monoisotopic (exact) mass is 378 g/mol. The minimum atomic E-state index is -0.0513. The third-order valence-electron chi connectivity index (χ3n) is 5.29. The van der Waals surface area contributed by atoms with Gasteiger partial charge in [-0.05, 0) is 48.5 Å². The van der Waals surface area contributed by atoms with E-state index in [1.165, 1.54) is 0 Å². The Morgan fingerprint density at radius 1 is 1.36 bits per heavy atom. The molecule has 1 amide bonds. The van der Waals surface area contributed by atoms with Crippen LogP contribution in [-0.4, -0.2) is 40.0 Å². The number of piperidine rings is 1. The van der Waals surface area contributed by atoms with Crippen LogP contribution in [0.3, 0.4) is 0 Å². The van der Waals surface area contributed by atoms with Crippen molar-refractivity contribution in [3.05, 3.63) is 52.0 Å². The molecule has 2 aliphatic rings. The van der Waals surface area contributed by atoms with Gasteiger partial charge in [0.25, 0.3) is 5.91 Å². The molecule has 5 nitrogen and oxygen atoms in total. The van der Waals surface area contributed by atoms with Crippen LogP contribution in [-0.2, 0) is 13.6 Å². The number of imidazole rings is 1. The maximum Gasteiger partial charge on any atom is 0.274 e. The van der Waals surface area contributed by atoms with Crippen molar-refractivity contribution in [2.24, 2.45) is 24.8 Å². The van der Waals surface area contributed by atoms with Crippen LogP contribution in [0, 0.1) is 17.8 Å². The van der Waals surface area contributed by atoms with Gasteiger partial charge in [-0.25, -0.2) is 4.98 Å². The summed E-state index contributed by atoms with van der Waals surface area (Å²) in [6, 6.07) is 5.41. The van der Waals surface area contributed by atoms with Crippen molar-refractivity contribution in [1.82, 2.24) is 19.8 Å². The van der Waals surface area contributed by atoms with Crippen LogP contribution in [0.25, 0.3) is 0 Å². The van der Waals surface area contributed by atoms with E-state index >= 15 is 0 Å². The second-order valence-corrected chi connectivity index (χ2v) is 7.84. The summed E-state index contributed by atoms with van der Waals surface area (Å²) < 4.78 is 1.79. The van der Waals surface area contributed by atoms with E-state index in [0.29, 0.717) is 40.0 Å². The Kier molecular flexibility index (Phi) is 4.48. The van der Waals surface area contributed by atoms with Crippen molar-refractivity contribution < 1.29 is 4.79 Å². The zero-order valence-electron chi connectivity index (χ0n) is 14.0. The number of nitrogens with zero attached hydrogens (tertiary/aromatic N) is 3. The van der Waals surface area contributed by atoms with Gasteiger partial charge in [-0.2, -0.15) is 0 Å². The van der Waals surface area contributed by atoms with Crippen molar-refractivity contribution in [1.29, 1.82) is 0 Å². The van der Waals surface area contributed by atoms with Gasteiger partial charge in [0, 0.05) is 36.4 Å². The van der Waals surface area contributed by atoms with Gasteiger partial charge in [-0.1, -0.05) is 29.3 Å². The zero-order chi connectivity index (χ0) is 17.6. The molecule has 1 aliphatic carbocycles. The highest BCUT2D eigenvalue weighted by Crippen LogP contribution is 2.49. The largest absolute Gasteiger partial charge is 0.340 e. The van der Waals surface area contributed by atoms with E-state index in [9.17, 15) is 4.79 Å². The number of aryl methyl sites for hydroxylation is 1. The van der Waals surface area contributed by atoms with E-state index in [1.54, 1.807) is 23.2 Å². The minimum absolute atomic E-state index is 0.0513. The molecule has 1 aromatic heterocycles. The number of rotatable bonds is 5. The average molecular weight is 379 g/mol. The number of carbonyl (C=O) groups excluding carboxylic acids is 1. The Labute approximate surface area is 156 Å². The molecule has 4 rings (SSSR count). The highest BCUT2D eigenvalue weighted by atomic mass is 35.5. The molecule has 1 saturated heterocycles. The number of halogens is 2. The second-order valence-electron chi connectivity index (χ2n) is 7.00. The number of benzene rings is 1. The molecule has 132 valence electrons. The van der Waals surface area contributed by atoms with Gasteiger partial charge in [-0.3, -0.25) is 4.79 Å². The maximum atomic E-state index is 13.0. The van der Waals surface area contributed by atoms with Crippen LogP contribution in [0.1, 0.15) is 16.1 Å². The van der Waals surface area contributed by atoms with E-state index in [2.05, 4.69) is 10.3 Å². The van der Waals surface area contributed by atoms with Gasteiger partial charge in [0.2, 0.25) is 0 Å². The molecular weight excluding hydrogens is 359 g/mol. The Bertz CT molecular complexity index is 796. The average Bonchev–Trinajstić information content (AvgIpc) is 2.97. The lowest BCUT2D eigenvalue weighted by atomic mass is 10.1. The zero-order valence-corrected chi connectivity index (χ0v) is 15.5. The summed E-state index contributed by atoms with van der Waals surface area (Å²) >= 11 is 12.3. The number of hydrogen-bond donors (Lipinski definition) is 1. The molecule has 1 aliphatic heterocycles. The molecule has 1 N–H and O–H groups in total. The lowest BCUT2D eigenvalue weighted by molar-refractivity contribution is 0.0723. The second kappa shape index (κ2) is 6.63. The predicted octanol–water partition coefficient (Wildman–Crippen LogP) is 2.83. The molecule has 1 saturated carbocycles. The predicted molar refractivity (Wildman–Crippen MR) is 97.8 cm³/mol. The maximum absolute atomic E-state index is 13.0. The molecule has 2 heterocycles. The van der Waals surface area contributed by atoms with Crippen LogP contribution in [0.4, 0.5) is 0 Å². The van der Waals surface area contributed by atoms with Gasteiger partial charge >= 0.3 is 0 Å². The Hall–Kier alpha value is -1.56. The number of aromatic nitrogens is 2. The highest BCUT2D eigenvalue weighted by molar-refractivity contribution is 6.35. The third kappa shape index (κ3) is 3.41. The standard InChI is InChI=1S/C18H20Cl2N4O/c1-23-9-17(22-10-23)18(25)24(8-15-13-5-21-6-14(13)15)7-11-2-3-12(19)4-16(11)20/h2-4,9-10,13-15,21H,5-8H2,1H3. The number of nitrogens with one attached hydrogen (secondary N) is 1. The van der Waals surface area contributed by atoms with Gasteiger partial charge in [0.1, 0.15) is 5.69 Å². The Morgan fingerprint density at radius 2 is 2.12 bits per heavy atom. The molecule has 2 unspecified atom stereocenters. The summed E-state index contributed by atoms with van der Waals surface area (Å²) in [6.45, 7) is 3.32. The molecular formula is C18H20Cl2N4O. The van der Waals surface area contributed by atoms with Crippen LogP contribution in [0.2, 0.25) is 10.0 Å². The van der Waals surface area contributed by atoms with Crippen LogP contribution in [0.5, 0.6) is 0 Å². The van der Waals surface area contributed by atoms with E-state index in [0.717, 1.165) is 25.2 Å². The van der Waals surface area contributed by atoms with Crippen molar-refractivity contribution >= 4 is 29.1 Å². The van der Waals surface area contributed by atoms with Gasteiger partial charge in [0.05, 0.1) is 6.33 Å². The molecule has 0 bridgehead atoms. The van der Waals surface area contributed by atoms with Gasteiger partial charge < -0.3 is 14.8 Å². The first-order chi connectivity index (χ1) is 12.0. The number of amides is 1. The van der Waals surface area contributed by atoms with Crippen molar-refractivity contribution in [3.63, 3.8) is 0 Å². The van der Waals surface area contributed by atoms with E-state index < -0.39 is 0 Å². The lowest BCUT2D eigenvalue weighted by Crippen LogP contribution is -2.34. The van der Waals surface area contributed by atoms with Crippen LogP contribution >= 0.6 is 23.2 Å². The van der Waals surface area contributed by atoms with Gasteiger partial charge in [-0.15, -0.1) is 0 Å². The first kappa shape index (κ1) is 16.9. The van der Waals surface area contributed by atoms with Crippen LogP contribution < -0.4 is 5.32 Å². The molecule has 2 atom stereocenters. The van der Waals surface area contributed by atoms with Crippen molar-refractivity contribution in [2.45, 2.75) is 6.54 Å². The van der Waals surface area contributed by atoms with Crippen LogP contribution in [0.15, 0.2) is 30.7 Å². The molecule has 0 radical (unpaired) electrons. The fourth-order valence-corrected chi connectivity index (χ4v) is 4.30. The first-order valence-electron chi connectivity index (χ1n) is 8.45. The van der Waals surface area contributed by atoms with Gasteiger partial charge in [0.15, 0.2) is 0 Å². The third-order valence-corrected chi connectivity index (χ3v) is 5.87. The molecule has 25 heavy (non-hydrogen) atoms. The summed E-state index contributed by atoms with van der Waals surface area (Å²) in [5.74, 6) is 1.91. The molecule has 7 heteroatoms. The quantitative estimate of drug-likeness (QED) is 0.869. The lowest BCUT2D eigenvalue weighted by Gasteiger charge is -2.23. The van der Waals surface area contributed by atoms with Crippen molar-refractivity contribution in [3.8, 4) is 0 Å². The number of hydrogen-bond acceptors (Lipinski definition) is 3. The minimum Gasteiger partial charge on any atom is -0.340 e. The van der Waals surface area contributed by atoms with E-state index in [4.69, 9.17) is 23.2 Å². The van der Waals surface area contributed by atoms with E-state index in [1.807, 2.05) is 24.1 Å². The number of fused-ring (bicyclic) bond motifs is 1. The summed E-state index contributed by atoms with van der Waals surface area (Å²) in [5, 5.41) is 4.58. The molecule has 1 aromatic carbocycles. The Morgan fingerprint density at radius 3 is 2.76 bits per heavy atom. The fourth-order valence-electron chi connectivity index (χ4n) is 3.83. The summed E-state index contributed by atoms with van der Waals surface area (Å²) in [7, 11) is 1.86. The molecule has 2 fully saturated rings. The fraction of sp³-hybridized carbons (Fsp3) is 0.444. The summed E-state index contributed by atoms with van der Waals surface area (Å²) in [6.07, 6.45) is 3.41. The first-order valence-corrected chi connectivity index (χ1v) is 9.20. The Balaban J connectivity index is 1.55. The molecule has 2 aromatic rings. The topological polar surface area (TPSA) is 50.2 Å². The SMILES string of the molecule is Cn1cnc(C(=O)N(Cc2ccc(Cl)cc2Cl)CC2C3CNCC32)c1. The van der Waals surface area contributed by atoms with Crippen molar-refractivity contribution in [2.75, 3.05) is 19.6 Å². The summed E-state index contributed by atoms with van der Waals surface area (Å²) in [4.78, 5) is 19.1. The summed E-state index contributed by atoms with van der Waals surface area (Å²) in [5.41, 5.74) is 1.37. The smallest absolute Gasteiger partial charge is 0.274 e.